The van der Waals surface area contributed by atoms with Gasteiger partial charge in [0.2, 0.25) is 0 Å². The molecule has 1 aromatic heterocycles. The molecule has 3 rings (SSSR count). The van der Waals surface area contributed by atoms with Gasteiger partial charge in [-0.05, 0) is 44.1 Å². The number of aromatic nitrogens is 2. The molecule has 0 bridgehead atoms. The van der Waals surface area contributed by atoms with Gasteiger partial charge in [0.05, 0.1) is 10.9 Å². The highest BCUT2D eigenvalue weighted by atomic mass is 79.9. The molecular formula is C14H17BrClN3O2. The number of halogens is 2. The highest BCUT2D eigenvalue weighted by Gasteiger charge is 2.21. The summed E-state index contributed by atoms with van der Waals surface area (Å²) in [5.41, 5.74) is 0.129. The minimum Gasteiger partial charge on any atom is -0.317 e. The summed E-state index contributed by atoms with van der Waals surface area (Å²) in [6.07, 6.45) is 1.59. The van der Waals surface area contributed by atoms with Gasteiger partial charge in [-0.25, -0.2) is 4.79 Å². The molecule has 1 saturated heterocycles. The Hall–Kier alpha value is -1.11. The summed E-state index contributed by atoms with van der Waals surface area (Å²) in [6.45, 7) is 1.65. The van der Waals surface area contributed by atoms with E-state index in [2.05, 4.69) is 5.32 Å². The van der Waals surface area contributed by atoms with Crippen molar-refractivity contribution >= 4 is 39.5 Å². The Morgan fingerprint density at radius 3 is 2.57 bits per heavy atom. The smallest absolute Gasteiger partial charge is 0.317 e. The minimum absolute atomic E-state index is 0. The molecule has 1 fully saturated rings. The Labute approximate surface area is 137 Å². The van der Waals surface area contributed by atoms with E-state index in [1.807, 2.05) is 0 Å². The number of fused-ring (bicyclic) bond motifs is 1. The van der Waals surface area contributed by atoms with Crippen molar-refractivity contribution in [3.63, 3.8) is 0 Å². The summed E-state index contributed by atoms with van der Waals surface area (Å²) >= 11 is 5.98. The first-order valence-corrected chi connectivity index (χ1v) is 7.09. The average Bonchev–Trinajstić information content (AvgIpc) is 2.46. The molecule has 21 heavy (non-hydrogen) atoms. The number of nitrogens with one attached hydrogen (secondary N) is 1. The fourth-order valence-corrected chi connectivity index (χ4v) is 3.01. The highest BCUT2D eigenvalue weighted by Crippen LogP contribution is 2.18. The van der Waals surface area contributed by atoms with E-state index in [1.165, 1.54) is 9.13 Å². The van der Waals surface area contributed by atoms with Gasteiger partial charge in [0, 0.05) is 18.1 Å². The SMILES string of the molecule is Br.Cn1c(=O)n(C2CCNCC2)c(=O)c2cc(Cl)ccc21. The van der Waals surface area contributed by atoms with Crippen molar-refractivity contribution in [2.75, 3.05) is 13.1 Å². The van der Waals surface area contributed by atoms with Crippen molar-refractivity contribution in [2.24, 2.45) is 7.05 Å². The van der Waals surface area contributed by atoms with Crippen LogP contribution in [-0.2, 0) is 7.05 Å². The van der Waals surface area contributed by atoms with Gasteiger partial charge in [-0.1, -0.05) is 11.6 Å². The zero-order valence-electron chi connectivity index (χ0n) is 11.6. The number of hydrogen-bond acceptors (Lipinski definition) is 3. The predicted octanol–water partition coefficient (Wildman–Crippen LogP) is 1.86. The maximum atomic E-state index is 12.6. The molecule has 0 radical (unpaired) electrons. The molecule has 7 heteroatoms. The second-order valence-corrected chi connectivity index (χ2v) is 5.60. The van der Waals surface area contributed by atoms with Gasteiger partial charge in [0.15, 0.2) is 0 Å². The van der Waals surface area contributed by atoms with Gasteiger partial charge in [0.25, 0.3) is 5.56 Å². The van der Waals surface area contributed by atoms with Gasteiger partial charge in [-0.2, -0.15) is 0 Å². The van der Waals surface area contributed by atoms with E-state index < -0.39 is 0 Å². The summed E-state index contributed by atoms with van der Waals surface area (Å²) in [4.78, 5) is 25.1. The second-order valence-electron chi connectivity index (χ2n) is 5.16. The monoisotopic (exact) mass is 373 g/mol. The fourth-order valence-electron chi connectivity index (χ4n) is 2.84. The van der Waals surface area contributed by atoms with Crippen LogP contribution in [0.5, 0.6) is 0 Å². The topological polar surface area (TPSA) is 56.0 Å². The van der Waals surface area contributed by atoms with E-state index >= 15 is 0 Å². The van der Waals surface area contributed by atoms with E-state index in [1.54, 1.807) is 25.2 Å². The van der Waals surface area contributed by atoms with Crippen LogP contribution < -0.4 is 16.6 Å². The van der Waals surface area contributed by atoms with Crippen LogP contribution in [-0.4, -0.2) is 22.2 Å². The highest BCUT2D eigenvalue weighted by molar-refractivity contribution is 8.93. The molecule has 2 aromatic rings. The van der Waals surface area contributed by atoms with E-state index in [4.69, 9.17) is 11.6 Å². The third-order valence-electron chi connectivity index (χ3n) is 3.94. The first-order chi connectivity index (χ1) is 9.59. The van der Waals surface area contributed by atoms with Crippen molar-refractivity contribution in [1.29, 1.82) is 0 Å². The van der Waals surface area contributed by atoms with Crippen LogP contribution >= 0.6 is 28.6 Å². The number of hydrogen-bond donors (Lipinski definition) is 1. The number of aryl methyl sites for hydroxylation is 1. The molecule has 2 heterocycles. The molecule has 1 aliphatic rings. The Morgan fingerprint density at radius 2 is 1.90 bits per heavy atom. The number of piperidine rings is 1. The Balaban J connectivity index is 0.00000161. The standard InChI is InChI=1S/C14H16ClN3O2.BrH/c1-17-12-3-2-9(15)8-11(12)13(19)18(14(17)20)10-4-6-16-7-5-10;/h2-3,8,10,16H,4-7H2,1H3;1H. The van der Waals surface area contributed by atoms with Crippen LogP contribution in [0.25, 0.3) is 10.9 Å². The van der Waals surface area contributed by atoms with Gasteiger partial charge >= 0.3 is 5.69 Å². The largest absolute Gasteiger partial charge is 0.331 e. The maximum absolute atomic E-state index is 12.6. The van der Waals surface area contributed by atoms with Crippen LogP contribution in [0, 0.1) is 0 Å². The molecule has 1 aliphatic heterocycles. The van der Waals surface area contributed by atoms with Gasteiger partial charge in [-0.3, -0.25) is 13.9 Å². The number of rotatable bonds is 1. The second kappa shape index (κ2) is 6.34. The average molecular weight is 375 g/mol. The molecule has 5 nitrogen and oxygen atoms in total. The molecule has 0 amide bonds. The molecule has 0 spiro atoms. The van der Waals surface area contributed by atoms with E-state index in [-0.39, 0.29) is 34.3 Å². The van der Waals surface area contributed by atoms with Crippen molar-refractivity contribution in [3.8, 4) is 0 Å². The normalized spacial score (nSPS) is 15.9. The van der Waals surface area contributed by atoms with Gasteiger partial charge in [-0.15, -0.1) is 17.0 Å². The molecule has 0 unspecified atom stereocenters. The minimum atomic E-state index is -0.253. The third kappa shape index (κ3) is 2.80. The van der Waals surface area contributed by atoms with E-state index in [0.717, 1.165) is 25.9 Å². The summed E-state index contributed by atoms with van der Waals surface area (Å²) in [5, 5.41) is 4.24. The molecule has 1 aromatic carbocycles. The van der Waals surface area contributed by atoms with Gasteiger partial charge < -0.3 is 5.32 Å². The molecular weight excluding hydrogens is 358 g/mol. The van der Waals surface area contributed by atoms with Crippen LogP contribution in [0.15, 0.2) is 27.8 Å². The molecule has 114 valence electrons. The predicted molar refractivity (Wildman–Crippen MR) is 89.9 cm³/mol. The third-order valence-corrected chi connectivity index (χ3v) is 4.17. The van der Waals surface area contributed by atoms with Gasteiger partial charge in [0.1, 0.15) is 0 Å². The Morgan fingerprint density at radius 1 is 1.24 bits per heavy atom. The van der Waals surface area contributed by atoms with Crippen LogP contribution in [0.2, 0.25) is 5.02 Å². The summed E-state index contributed by atoms with van der Waals surface area (Å²) < 4.78 is 2.91. The fraction of sp³-hybridized carbons (Fsp3) is 0.429. The summed E-state index contributed by atoms with van der Waals surface area (Å²) in [7, 11) is 1.69. The molecule has 0 saturated carbocycles. The van der Waals surface area contributed by atoms with Crippen LogP contribution in [0.4, 0.5) is 0 Å². The van der Waals surface area contributed by atoms with Crippen molar-refractivity contribution in [3.05, 3.63) is 44.1 Å². The lowest BCUT2D eigenvalue weighted by Gasteiger charge is -2.24. The zero-order valence-corrected chi connectivity index (χ0v) is 14.1. The molecule has 0 aliphatic carbocycles. The first kappa shape index (κ1) is 16.3. The lowest BCUT2D eigenvalue weighted by molar-refractivity contribution is 0.347. The van der Waals surface area contributed by atoms with Crippen molar-refractivity contribution < 1.29 is 0 Å². The maximum Gasteiger partial charge on any atom is 0.331 e. The van der Waals surface area contributed by atoms with E-state index in [9.17, 15) is 9.59 Å². The number of nitrogens with zero attached hydrogens (tertiary/aromatic N) is 2. The zero-order chi connectivity index (χ0) is 14.3. The lowest BCUT2D eigenvalue weighted by Crippen LogP contribution is -2.44. The van der Waals surface area contributed by atoms with Crippen molar-refractivity contribution in [1.82, 2.24) is 14.5 Å². The molecule has 0 atom stereocenters. The lowest BCUT2D eigenvalue weighted by atomic mass is 10.1. The summed E-state index contributed by atoms with van der Waals surface area (Å²) in [6, 6.07) is 5.01. The molecule has 1 N–H and O–H groups in total. The Kier molecular flexibility index (Phi) is 4.91. The Bertz CT molecular complexity index is 778. The quantitative estimate of drug-likeness (QED) is 0.829. The van der Waals surface area contributed by atoms with Crippen molar-refractivity contribution in [2.45, 2.75) is 18.9 Å². The number of benzene rings is 1. The summed E-state index contributed by atoms with van der Waals surface area (Å²) in [5.74, 6) is 0. The van der Waals surface area contributed by atoms with E-state index in [0.29, 0.717) is 15.9 Å². The van der Waals surface area contributed by atoms with Crippen LogP contribution in [0.1, 0.15) is 18.9 Å². The van der Waals surface area contributed by atoms with Crippen LogP contribution in [0.3, 0.4) is 0 Å². The first-order valence-electron chi connectivity index (χ1n) is 6.71.